The lowest BCUT2D eigenvalue weighted by Gasteiger charge is -2.39. The number of carbonyl (C=O) groups is 1. The summed E-state index contributed by atoms with van der Waals surface area (Å²) in [5.74, 6) is 0.799. The predicted molar refractivity (Wildman–Crippen MR) is 114 cm³/mol. The van der Waals surface area contributed by atoms with Gasteiger partial charge in [-0.25, -0.2) is 4.99 Å². The second kappa shape index (κ2) is 9.92. The topological polar surface area (TPSA) is 60.0 Å². The first-order valence-corrected chi connectivity index (χ1v) is 10.6. The first-order chi connectivity index (χ1) is 13.6. The number of piperidine rings is 1. The van der Waals surface area contributed by atoms with E-state index >= 15 is 0 Å². The maximum absolute atomic E-state index is 11.9. The summed E-state index contributed by atoms with van der Waals surface area (Å²) in [5.41, 5.74) is 1.40. The van der Waals surface area contributed by atoms with Crippen molar-refractivity contribution in [3.8, 4) is 0 Å². The fraction of sp³-hybridized carbons (Fsp3) is 0.636. The Bertz CT molecular complexity index is 646. The number of nitrogens with zero attached hydrogens (tertiary/aromatic N) is 3. The molecule has 2 N–H and O–H groups in total. The van der Waals surface area contributed by atoms with Gasteiger partial charge in [0, 0.05) is 45.3 Å². The Morgan fingerprint density at radius 1 is 1.18 bits per heavy atom. The smallest absolute Gasteiger partial charge is 0.243 e. The molecule has 1 amide bonds. The average molecular weight is 386 g/mol. The maximum atomic E-state index is 11.9. The van der Waals surface area contributed by atoms with Gasteiger partial charge in [0.2, 0.25) is 5.91 Å². The second-order valence-electron chi connectivity index (χ2n) is 8.24. The van der Waals surface area contributed by atoms with Gasteiger partial charge in [-0.05, 0) is 37.7 Å². The molecule has 0 spiro atoms. The number of hydrogen-bond donors (Lipinski definition) is 2. The lowest BCUT2D eigenvalue weighted by Crippen LogP contribution is -2.52. The molecule has 2 aliphatic rings. The van der Waals surface area contributed by atoms with Crippen LogP contribution in [-0.2, 0) is 11.3 Å². The van der Waals surface area contributed by atoms with E-state index in [1.54, 1.807) is 19.0 Å². The molecular formula is C22H35N5O. The normalized spacial score (nSPS) is 24.8. The second-order valence-corrected chi connectivity index (χ2v) is 8.24. The van der Waals surface area contributed by atoms with E-state index in [1.165, 1.54) is 18.4 Å². The number of nitrogens with one attached hydrogen (secondary N) is 2. The van der Waals surface area contributed by atoms with E-state index in [-0.39, 0.29) is 12.5 Å². The summed E-state index contributed by atoms with van der Waals surface area (Å²) in [5, 5.41) is 6.98. The number of guanidine groups is 1. The van der Waals surface area contributed by atoms with Crippen molar-refractivity contribution in [3.05, 3.63) is 35.9 Å². The molecule has 1 aromatic rings. The fourth-order valence-electron chi connectivity index (χ4n) is 4.32. The van der Waals surface area contributed by atoms with E-state index in [0.29, 0.717) is 18.1 Å². The van der Waals surface area contributed by atoms with Crippen LogP contribution >= 0.6 is 0 Å². The van der Waals surface area contributed by atoms with Crippen LogP contribution in [0.2, 0.25) is 0 Å². The number of rotatable bonds is 7. The minimum absolute atomic E-state index is 0.0235. The van der Waals surface area contributed by atoms with Gasteiger partial charge < -0.3 is 15.5 Å². The molecule has 3 rings (SSSR count). The molecule has 6 nitrogen and oxygen atoms in total. The number of fused-ring (bicyclic) bond motifs is 2. The largest absolute Gasteiger partial charge is 0.356 e. The van der Waals surface area contributed by atoms with Crippen molar-refractivity contribution in [1.29, 1.82) is 0 Å². The Labute approximate surface area is 169 Å². The summed E-state index contributed by atoms with van der Waals surface area (Å²) >= 11 is 0. The Balaban J connectivity index is 1.58. The highest BCUT2D eigenvalue weighted by Crippen LogP contribution is 2.36. The van der Waals surface area contributed by atoms with E-state index in [9.17, 15) is 4.79 Å². The van der Waals surface area contributed by atoms with Gasteiger partial charge in [0.15, 0.2) is 5.96 Å². The minimum atomic E-state index is 0.0235. The molecule has 2 unspecified atom stereocenters. The highest BCUT2D eigenvalue weighted by Gasteiger charge is 2.40. The molecule has 6 heteroatoms. The molecule has 2 saturated heterocycles. The van der Waals surface area contributed by atoms with Gasteiger partial charge in [-0.2, -0.15) is 0 Å². The maximum Gasteiger partial charge on any atom is 0.243 e. The van der Waals surface area contributed by atoms with E-state index < -0.39 is 0 Å². The van der Waals surface area contributed by atoms with Crippen molar-refractivity contribution in [2.45, 2.75) is 63.7 Å². The van der Waals surface area contributed by atoms with Gasteiger partial charge in [-0.3, -0.25) is 9.69 Å². The standard InChI is InChI=1S/C22H35N5O/c1-4-12-23-22(24-15-21(28)26(2)3)25-18-13-19-10-11-20(14-18)27(19)16-17-8-6-5-7-9-17/h5-9,18-20H,4,10-16H2,1-3H3,(H2,23,24,25). The molecule has 2 heterocycles. The van der Waals surface area contributed by atoms with Crippen LogP contribution in [0.5, 0.6) is 0 Å². The molecule has 0 saturated carbocycles. The van der Waals surface area contributed by atoms with Crippen LogP contribution in [0.1, 0.15) is 44.6 Å². The lowest BCUT2D eigenvalue weighted by molar-refractivity contribution is -0.127. The Hall–Kier alpha value is -2.08. The van der Waals surface area contributed by atoms with E-state index in [4.69, 9.17) is 0 Å². The van der Waals surface area contributed by atoms with Crippen molar-refractivity contribution in [1.82, 2.24) is 20.4 Å². The number of likely N-dealkylation sites (N-methyl/N-ethyl adjacent to an activating group) is 1. The summed E-state index contributed by atoms with van der Waals surface area (Å²) < 4.78 is 0. The summed E-state index contributed by atoms with van der Waals surface area (Å²) in [6.07, 6.45) is 5.87. The SMILES string of the molecule is CCCNC(=NCC(=O)N(C)C)NC1CC2CCC(C1)N2Cc1ccccc1. The fourth-order valence-corrected chi connectivity index (χ4v) is 4.32. The first-order valence-electron chi connectivity index (χ1n) is 10.6. The summed E-state index contributed by atoms with van der Waals surface area (Å²) in [6, 6.07) is 12.5. The molecule has 0 aliphatic carbocycles. The van der Waals surface area contributed by atoms with Crippen molar-refractivity contribution < 1.29 is 4.79 Å². The van der Waals surface area contributed by atoms with Crippen LogP contribution in [0.15, 0.2) is 35.3 Å². The average Bonchev–Trinajstić information content (AvgIpc) is 2.92. The predicted octanol–water partition coefficient (Wildman–Crippen LogP) is 2.22. The molecule has 2 atom stereocenters. The summed E-state index contributed by atoms with van der Waals surface area (Å²) in [4.78, 5) is 20.7. The molecule has 0 radical (unpaired) electrons. The minimum Gasteiger partial charge on any atom is -0.356 e. The molecule has 28 heavy (non-hydrogen) atoms. The molecule has 2 aliphatic heterocycles. The molecule has 2 fully saturated rings. The third-order valence-corrected chi connectivity index (χ3v) is 5.85. The Kier molecular flexibility index (Phi) is 7.31. The van der Waals surface area contributed by atoms with Crippen LogP contribution in [0.4, 0.5) is 0 Å². The van der Waals surface area contributed by atoms with Gasteiger partial charge in [0.25, 0.3) is 0 Å². The van der Waals surface area contributed by atoms with Crippen LogP contribution in [0, 0.1) is 0 Å². The van der Waals surface area contributed by atoms with E-state index in [2.05, 4.69) is 57.8 Å². The summed E-state index contributed by atoms with van der Waals surface area (Å²) in [6.45, 7) is 4.24. The van der Waals surface area contributed by atoms with Gasteiger partial charge in [0.1, 0.15) is 6.54 Å². The molecule has 2 bridgehead atoms. The monoisotopic (exact) mass is 385 g/mol. The Morgan fingerprint density at radius 2 is 1.86 bits per heavy atom. The van der Waals surface area contributed by atoms with Gasteiger partial charge in [-0.15, -0.1) is 0 Å². The van der Waals surface area contributed by atoms with Gasteiger partial charge >= 0.3 is 0 Å². The number of aliphatic imine (C=N–C) groups is 1. The highest BCUT2D eigenvalue weighted by molar-refractivity contribution is 5.84. The molecular weight excluding hydrogens is 350 g/mol. The van der Waals surface area contributed by atoms with Crippen LogP contribution in [0.3, 0.4) is 0 Å². The highest BCUT2D eigenvalue weighted by atomic mass is 16.2. The molecule has 1 aromatic carbocycles. The number of hydrogen-bond acceptors (Lipinski definition) is 3. The van der Waals surface area contributed by atoms with Crippen LogP contribution in [0.25, 0.3) is 0 Å². The Morgan fingerprint density at radius 3 is 2.46 bits per heavy atom. The number of carbonyl (C=O) groups excluding carboxylic acids is 1. The van der Waals surface area contributed by atoms with Crippen LogP contribution in [-0.4, -0.2) is 67.0 Å². The number of amides is 1. The molecule has 0 aromatic heterocycles. The summed E-state index contributed by atoms with van der Waals surface area (Å²) in [7, 11) is 3.54. The first kappa shape index (κ1) is 20.6. The zero-order valence-electron chi connectivity index (χ0n) is 17.5. The van der Waals surface area contributed by atoms with Crippen molar-refractivity contribution in [2.24, 2.45) is 4.99 Å². The zero-order valence-corrected chi connectivity index (χ0v) is 17.5. The van der Waals surface area contributed by atoms with Crippen LogP contribution < -0.4 is 10.6 Å². The van der Waals surface area contributed by atoms with E-state index in [0.717, 1.165) is 38.3 Å². The molecule has 154 valence electrons. The van der Waals surface area contributed by atoms with Gasteiger partial charge in [-0.1, -0.05) is 37.3 Å². The van der Waals surface area contributed by atoms with E-state index in [1.807, 2.05) is 0 Å². The van der Waals surface area contributed by atoms with Crippen molar-refractivity contribution in [2.75, 3.05) is 27.2 Å². The van der Waals surface area contributed by atoms with Crippen molar-refractivity contribution in [3.63, 3.8) is 0 Å². The quantitative estimate of drug-likeness (QED) is 0.558. The number of benzene rings is 1. The lowest BCUT2D eigenvalue weighted by atomic mass is 9.96. The van der Waals surface area contributed by atoms with Crippen molar-refractivity contribution >= 4 is 11.9 Å². The third-order valence-electron chi connectivity index (χ3n) is 5.85. The zero-order chi connectivity index (χ0) is 19.9. The third kappa shape index (κ3) is 5.47. The van der Waals surface area contributed by atoms with Gasteiger partial charge in [0.05, 0.1) is 0 Å².